The van der Waals surface area contributed by atoms with Crippen LogP contribution in [0.5, 0.6) is 5.75 Å². The molecule has 2 saturated heterocycles. The van der Waals surface area contributed by atoms with E-state index in [2.05, 4.69) is 20.5 Å². The molecule has 0 radical (unpaired) electrons. The van der Waals surface area contributed by atoms with Gasteiger partial charge in [-0.25, -0.2) is 0 Å². The molecule has 2 aliphatic heterocycles. The fourth-order valence-electron chi connectivity index (χ4n) is 4.22. The summed E-state index contributed by atoms with van der Waals surface area (Å²) in [5.74, 6) is 0.439. The predicted molar refractivity (Wildman–Crippen MR) is 114 cm³/mol. The zero-order valence-corrected chi connectivity index (χ0v) is 17.5. The van der Waals surface area contributed by atoms with E-state index in [9.17, 15) is 14.7 Å². The summed E-state index contributed by atoms with van der Waals surface area (Å²) in [4.78, 5) is 33.7. The minimum atomic E-state index is -1.17. The average molecular weight is 425 g/mol. The highest BCUT2D eigenvalue weighted by Gasteiger charge is 2.47. The number of carbonyl (C=O) groups excluding carboxylic acids is 2. The lowest BCUT2D eigenvalue weighted by molar-refractivity contribution is -0.132. The lowest BCUT2D eigenvalue weighted by atomic mass is 9.86. The molecule has 2 fully saturated rings. The first-order valence-electron chi connectivity index (χ1n) is 10.4. The third-order valence-corrected chi connectivity index (χ3v) is 5.96. The zero-order valence-electron chi connectivity index (χ0n) is 17.5. The van der Waals surface area contributed by atoms with Gasteiger partial charge in [0.05, 0.1) is 7.11 Å². The summed E-state index contributed by atoms with van der Waals surface area (Å²) in [7, 11) is 1.65. The summed E-state index contributed by atoms with van der Waals surface area (Å²) in [5.41, 5.74) is 0.522. The molecule has 1 aromatic heterocycles. The molecule has 2 amide bonds. The molecule has 0 aliphatic carbocycles. The van der Waals surface area contributed by atoms with Crippen LogP contribution in [0.4, 0.5) is 5.69 Å². The van der Waals surface area contributed by atoms with Crippen LogP contribution in [0.1, 0.15) is 18.4 Å². The van der Waals surface area contributed by atoms with Crippen LogP contribution in [0.2, 0.25) is 0 Å². The molecule has 2 atom stereocenters. The van der Waals surface area contributed by atoms with Gasteiger partial charge in [-0.1, -0.05) is 12.1 Å². The quantitative estimate of drug-likeness (QED) is 0.615. The number of aliphatic hydroxyl groups is 1. The number of aliphatic hydroxyl groups excluding tert-OH is 1. The fourth-order valence-corrected chi connectivity index (χ4v) is 4.22. The van der Waals surface area contributed by atoms with Crippen LogP contribution < -0.4 is 20.3 Å². The van der Waals surface area contributed by atoms with Crippen LogP contribution in [0.15, 0.2) is 48.8 Å². The van der Waals surface area contributed by atoms with E-state index in [4.69, 9.17) is 4.74 Å². The van der Waals surface area contributed by atoms with E-state index < -0.39 is 11.9 Å². The van der Waals surface area contributed by atoms with Gasteiger partial charge in [0.25, 0.3) is 0 Å². The van der Waals surface area contributed by atoms with Gasteiger partial charge in [-0.2, -0.15) is 0 Å². The standard InChI is InChI=1S/C22H27N5O4/c1-31-18-6-2-5-17(14-18)26-10-12-27(13-11-26)19(28)7-8-22(16-4-3-9-23-15-16)20(29)24-21(30)25-22/h2-6,9,14-15,21,25,30H,7-8,10-13H2,1H3,(H,24,29). The van der Waals surface area contributed by atoms with E-state index in [0.717, 1.165) is 24.5 Å². The summed E-state index contributed by atoms with van der Waals surface area (Å²) in [6.45, 7) is 2.67. The van der Waals surface area contributed by atoms with Crippen molar-refractivity contribution in [1.29, 1.82) is 0 Å². The molecular weight excluding hydrogens is 398 g/mol. The van der Waals surface area contributed by atoms with Crippen molar-refractivity contribution < 1.29 is 19.4 Å². The highest BCUT2D eigenvalue weighted by Crippen LogP contribution is 2.31. The summed E-state index contributed by atoms with van der Waals surface area (Å²) < 4.78 is 5.30. The highest BCUT2D eigenvalue weighted by atomic mass is 16.5. The Kier molecular flexibility index (Phi) is 6.06. The summed E-state index contributed by atoms with van der Waals surface area (Å²) in [5, 5.41) is 15.3. The second kappa shape index (κ2) is 8.91. The van der Waals surface area contributed by atoms with Gasteiger partial charge in [0.15, 0.2) is 6.35 Å². The molecule has 4 rings (SSSR count). The average Bonchev–Trinajstić information content (AvgIpc) is 3.12. The maximum absolute atomic E-state index is 12.9. The Hall–Kier alpha value is -3.17. The number of amides is 2. The maximum Gasteiger partial charge on any atom is 0.248 e. The van der Waals surface area contributed by atoms with E-state index in [1.165, 1.54) is 0 Å². The summed E-state index contributed by atoms with van der Waals surface area (Å²) in [6.07, 6.45) is 2.46. The molecule has 0 bridgehead atoms. The number of hydrogen-bond donors (Lipinski definition) is 3. The Morgan fingerprint density at radius 3 is 2.71 bits per heavy atom. The first-order valence-corrected chi connectivity index (χ1v) is 10.4. The third-order valence-electron chi connectivity index (χ3n) is 5.96. The first kappa shape index (κ1) is 21.1. The molecule has 3 N–H and O–H groups in total. The predicted octanol–water partition coefficient (Wildman–Crippen LogP) is 0.410. The van der Waals surface area contributed by atoms with Crippen molar-refractivity contribution in [1.82, 2.24) is 20.5 Å². The lowest BCUT2D eigenvalue weighted by Crippen LogP contribution is -2.50. The number of rotatable bonds is 6. The smallest absolute Gasteiger partial charge is 0.248 e. The van der Waals surface area contributed by atoms with Gasteiger partial charge in [0.1, 0.15) is 11.3 Å². The molecular formula is C22H27N5O4. The molecule has 0 saturated carbocycles. The number of methoxy groups -OCH3 is 1. The second-order valence-electron chi connectivity index (χ2n) is 7.74. The van der Waals surface area contributed by atoms with E-state index in [1.807, 2.05) is 29.2 Å². The minimum absolute atomic E-state index is 0.00968. The Morgan fingerprint density at radius 1 is 1.26 bits per heavy atom. The van der Waals surface area contributed by atoms with Crippen molar-refractivity contribution in [2.24, 2.45) is 0 Å². The summed E-state index contributed by atoms with van der Waals surface area (Å²) in [6, 6.07) is 11.4. The number of anilines is 1. The molecule has 31 heavy (non-hydrogen) atoms. The number of benzene rings is 1. The summed E-state index contributed by atoms with van der Waals surface area (Å²) >= 11 is 0. The van der Waals surface area contributed by atoms with Crippen molar-refractivity contribution in [3.8, 4) is 5.75 Å². The molecule has 0 spiro atoms. The van der Waals surface area contributed by atoms with E-state index in [0.29, 0.717) is 18.7 Å². The fraction of sp³-hybridized carbons (Fsp3) is 0.409. The molecule has 3 heterocycles. The number of ether oxygens (including phenoxy) is 1. The van der Waals surface area contributed by atoms with Crippen molar-refractivity contribution in [2.45, 2.75) is 24.7 Å². The number of aromatic nitrogens is 1. The monoisotopic (exact) mass is 425 g/mol. The molecule has 2 aliphatic rings. The second-order valence-corrected chi connectivity index (χ2v) is 7.74. The van der Waals surface area contributed by atoms with Gasteiger partial charge in [-0.05, 0) is 24.6 Å². The number of carbonyl (C=O) groups is 2. The molecule has 9 nitrogen and oxygen atoms in total. The van der Waals surface area contributed by atoms with Gasteiger partial charge in [0.2, 0.25) is 11.8 Å². The van der Waals surface area contributed by atoms with Gasteiger partial charge < -0.3 is 25.0 Å². The van der Waals surface area contributed by atoms with Crippen molar-refractivity contribution >= 4 is 17.5 Å². The van der Waals surface area contributed by atoms with Crippen molar-refractivity contribution in [3.05, 3.63) is 54.4 Å². The normalized spacial score (nSPS) is 23.5. The number of pyridine rings is 1. The number of nitrogens with zero attached hydrogens (tertiary/aromatic N) is 3. The Balaban J connectivity index is 1.38. The molecule has 1 aromatic carbocycles. The van der Waals surface area contributed by atoms with E-state index in [-0.39, 0.29) is 24.7 Å². The van der Waals surface area contributed by atoms with Gasteiger partial charge >= 0.3 is 0 Å². The highest BCUT2D eigenvalue weighted by molar-refractivity contribution is 5.90. The molecule has 9 heteroatoms. The third kappa shape index (κ3) is 4.33. The molecule has 2 aromatic rings. The number of nitrogens with one attached hydrogen (secondary N) is 2. The SMILES string of the molecule is COc1cccc(N2CCN(C(=O)CCC3(c4cccnc4)NC(O)NC3=O)CC2)c1. The van der Waals surface area contributed by atoms with Crippen molar-refractivity contribution in [2.75, 3.05) is 38.2 Å². The van der Waals surface area contributed by atoms with Crippen LogP contribution in [-0.2, 0) is 15.1 Å². The maximum atomic E-state index is 12.9. The van der Waals surface area contributed by atoms with Crippen LogP contribution >= 0.6 is 0 Å². The van der Waals surface area contributed by atoms with Crippen LogP contribution in [-0.4, -0.2) is 66.4 Å². The Labute approximate surface area is 181 Å². The molecule has 2 unspecified atom stereocenters. The lowest BCUT2D eigenvalue weighted by Gasteiger charge is -2.37. The minimum Gasteiger partial charge on any atom is -0.497 e. The zero-order chi connectivity index (χ0) is 21.8. The Morgan fingerprint density at radius 2 is 2.06 bits per heavy atom. The van der Waals surface area contributed by atoms with E-state index >= 15 is 0 Å². The van der Waals surface area contributed by atoms with Crippen LogP contribution in [0.25, 0.3) is 0 Å². The van der Waals surface area contributed by atoms with E-state index in [1.54, 1.807) is 31.6 Å². The largest absolute Gasteiger partial charge is 0.497 e. The van der Waals surface area contributed by atoms with Crippen molar-refractivity contribution in [3.63, 3.8) is 0 Å². The van der Waals surface area contributed by atoms with Gasteiger partial charge in [-0.3, -0.25) is 19.9 Å². The van der Waals surface area contributed by atoms with Gasteiger partial charge in [0, 0.05) is 62.3 Å². The number of piperazine rings is 1. The number of hydrogen-bond acceptors (Lipinski definition) is 7. The van der Waals surface area contributed by atoms with Crippen LogP contribution in [0.3, 0.4) is 0 Å². The Bertz CT molecular complexity index is 933. The van der Waals surface area contributed by atoms with Crippen LogP contribution in [0, 0.1) is 0 Å². The molecule has 164 valence electrons. The first-order chi connectivity index (χ1) is 15.0. The van der Waals surface area contributed by atoms with Gasteiger partial charge in [-0.15, -0.1) is 0 Å². The topological polar surface area (TPSA) is 107 Å².